The third-order valence-corrected chi connectivity index (χ3v) is 6.88. The molecule has 0 radical (unpaired) electrons. The first-order chi connectivity index (χ1) is 17.4. The van der Waals surface area contributed by atoms with Gasteiger partial charge in [-0.2, -0.15) is 11.8 Å². The van der Waals surface area contributed by atoms with E-state index in [1.54, 1.807) is 24.3 Å². The molecule has 0 unspecified atom stereocenters. The van der Waals surface area contributed by atoms with Gasteiger partial charge in [-0.15, -0.1) is 0 Å². The van der Waals surface area contributed by atoms with Crippen LogP contribution in [-0.2, 0) is 11.2 Å². The van der Waals surface area contributed by atoms with Gasteiger partial charge in [0.15, 0.2) is 0 Å². The maximum absolute atomic E-state index is 13.3. The molecule has 3 rings (SSSR count). The zero-order chi connectivity index (χ0) is 25.9. The van der Waals surface area contributed by atoms with Crippen LogP contribution in [0.15, 0.2) is 78.9 Å². The largest absolute Gasteiger partial charge is 0.480 e. The van der Waals surface area contributed by atoms with Gasteiger partial charge in [0, 0.05) is 28.4 Å². The Kier molecular flexibility index (Phi) is 10.4. The molecule has 0 spiro atoms. The number of hydrogen-bond donors (Lipinski definition) is 2. The van der Waals surface area contributed by atoms with Crippen molar-refractivity contribution in [1.82, 2.24) is 10.2 Å². The van der Waals surface area contributed by atoms with E-state index in [2.05, 4.69) is 5.32 Å². The molecule has 0 bridgehead atoms. The monoisotopic (exact) mass is 524 g/mol. The van der Waals surface area contributed by atoms with E-state index in [1.807, 2.05) is 61.5 Å². The van der Waals surface area contributed by atoms with Crippen molar-refractivity contribution in [2.45, 2.75) is 25.8 Å². The summed E-state index contributed by atoms with van der Waals surface area (Å²) >= 11 is 7.76. The van der Waals surface area contributed by atoms with Crippen LogP contribution < -0.4 is 5.32 Å². The number of carbonyl (C=O) groups is 3. The lowest BCUT2D eigenvalue weighted by Crippen LogP contribution is -2.51. The highest BCUT2D eigenvalue weighted by atomic mass is 35.5. The summed E-state index contributed by atoms with van der Waals surface area (Å²) in [7, 11) is 0. The fourth-order valence-electron chi connectivity index (χ4n) is 3.63. The van der Waals surface area contributed by atoms with Crippen molar-refractivity contribution < 1.29 is 19.5 Å². The summed E-state index contributed by atoms with van der Waals surface area (Å²) in [5, 5.41) is 12.7. The van der Waals surface area contributed by atoms with E-state index in [0.717, 1.165) is 28.2 Å². The Morgan fingerprint density at radius 3 is 2.42 bits per heavy atom. The van der Waals surface area contributed by atoms with Crippen LogP contribution in [0.3, 0.4) is 0 Å². The highest BCUT2D eigenvalue weighted by Crippen LogP contribution is 2.28. The van der Waals surface area contributed by atoms with Crippen molar-refractivity contribution in [2.24, 2.45) is 0 Å². The van der Waals surface area contributed by atoms with E-state index in [4.69, 9.17) is 11.6 Å². The van der Waals surface area contributed by atoms with Crippen molar-refractivity contribution in [3.05, 3.63) is 95.0 Å². The number of amides is 3. The number of urea groups is 1. The molecule has 3 amide bonds. The molecule has 0 aliphatic carbocycles. The van der Waals surface area contributed by atoms with Crippen LogP contribution in [-0.4, -0.2) is 52.0 Å². The zero-order valence-electron chi connectivity index (χ0n) is 20.0. The lowest BCUT2D eigenvalue weighted by molar-refractivity contribution is -0.138. The van der Waals surface area contributed by atoms with Crippen molar-refractivity contribution in [2.75, 3.05) is 18.1 Å². The number of hydrogen-bond acceptors (Lipinski definition) is 4. The number of nitrogens with one attached hydrogen (secondary N) is 1. The minimum absolute atomic E-state index is 0.161. The van der Waals surface area contributed by atoms with E-state index >= 15 is 0 Å². The number of aryl methyl sites for hydroxylation is 1. The lowest BCUT2D eigenvalue weighted by atomic mass is 10.0. The fraction of sp³-hybridized carbons (Fsp3) is 0.250. The van der Waals surface area contributed by atoms with Crippen LogP contribution in [0.5, 0.6) is 0 Å². The van der Waals surface area contributed by atoms with Crippen molar-refractivity contribution in [1.29, 1.82) is 0 Å². The van der Waals surface area contributed by atoms with Gasteiger partial charge in [-0.05, 0) is 47.9 Å². The number of thioether (sulfide) groups is 1. The molecule has 0 aromatic heterocycles. The van der Waals surface area contributed by atoms with E-state index in [9.17, 15) is 19.5 Å². The summed E-state index contributed by atoms with van der Waals surface area (Å²) in [6.45, 7) is 2.01. The molecule has 3 aromatic rings. The van der Waals surface area contributed by atoms with Crippen LogP contribution in [0.1, 0.15) is 29.3 Å². The summed E-state index contributed by atoms with van der Waals surface area (Å²) in [6.07, 6.45) is 1.33. The third-order valence-electron chi connectivity index (χ3n) is 5.49. The highest BCUT2D eigenvalue weighted by molar-refractivity contribution is 7.99. The molecule has 0 heterocycles. The third kappa shape index (κ3) is 7.60. The SMILES string of the molecule is CCCN(C(=O)N[C@@H](CSCCc1ccccc1)C(=O)O)C(=O)c1cccc(-c2ccccc2Cl)c1. The molecule has 188 valence electrons. The quantitative estimate of drug-likeness (QED) is 0.300. The minimum atomic E-state index is -1.14. The number of carboxylic acids is 1. The molecule has 2 N–H and O–H groups in total. The van der Waals surface area contributed by atoms with Crippen LogP contribution in [0, 0.1) is 0 Å². The van der Waals surface area contributed by atoms with Gasteiger partial charge >= 0.3 is 12.0 Å². The molecular formula is C28H29ClN2O4S. The highest BCUT2D eigenvalue weighted by Gasteiger charge is 2.27. The van der Waals surface area contributed by atoms with Gasteiger partial charge in [-0.25, -0.2) is 9.59 Å². The first-order valence-electron chi connectivity index (χ1n) is 11.7. The van der Waals surface area contributed by atoms with Crippen LogP contribution in [0.25, 0.3) is 11.1 Å². The number of imide groups is 1. The summed E-state index contributed by atoms with van der Waals surface area (Å²) < 4.78 is 0. The van der Waals surface area contributed by atoms with Crippen LogP contribution in [0.2, 0.25) is 5.02 Å². The minimum Gasteiger partial charge on any atom is -0.480 e. The molecule has 1 atom stereocenters. The number of aliphatic carboxylic acids is 1. The Morgan fingerprint density at radius 2 is 1.72 bits per heavy atom. The maximum Gasteiger partial charge on any atom is 0.327 e. The lowest BCUT2D eigenvalue weighted by Gasteiger charge is -2.23. The second kappa shape index (κ2) is 13.7. The van der Waals surface area contributed by atoms with Gasteiger partial charge in [0.2, 0.25) is 0 Å². The number of rotatable bonds is 11. The molecule has 0 aliphatic heterocycles. The number of benzene rings is 3. The summed E-state index contributed by atoms with van der Waals surface area (Å²) in [4.78, 5) is 39.2. The predicted molar refractivity (Wildman–Crippen MR) is 146 cm³/mol. The average molecular weight is 525 g/mol. The van der Waals surface area contributed by atoms with E-state index < -0.39 is 23.9 Å². The molecule has 0 fully saturated rings. The van der Waals surface area contributed by atoms with Gasteiger partial charge in [0.05, 0.1) is 0 Å². The molecule has 3 aromatic carbocycles. The Labute approximate surface area is 220 Å². The van der Waals surface area contributed by atoms with Crippen molar-refractivity contribution in [3.63, 3.8) is 0 Å². The molecular weight excluding hydrogens is 496 g/mol. The van der Waals surface area contributed by atoms with Crippen molar-refractivity contribution in [3.8, 4) is 11.1 Å². The van der Waals surface area contributed by atoms with Gasteiger partial charge in [0.25, 0.3) is 5.91 Å². The average Bonchev–Trinajstić information content (AvgIpc) is 2.89. The predicted octanol–water partition coefficient (Wildman–Crippen LogP) is 6.00. The van der Waals surface area contributed by atoms with E-state index in [0.29, 0.717) is 17.0 Å². The summed E-state index contributed by atoms with van der Waals surface area (Å²) in [5.74, 6) is -0.718. The molecule has 0 saturated carbocycles. The van der Waals surface area contributed by atoms with Gasteiger partial charge in [0.1, 0.15) is 6.04 Å². The Balaban J connectivity index is 1.67. The molecule has 0 saturated heterocycles. The molecule has 8 heteroatoms. The first-order valence-corrected chi connectivity index (χ1v) is 13.3. The topological polar surface area (TPSA) is 86.7 Å². The number of nitrogens with zero attached hydrogens (tertiary/aromatic N) is 1. The zero-order valence-corrected chi connectivity index (χ0v) is 21.6. The standard InChI is InChI=1S/C28H29ClN2O4S/c1-2-16-31(26(32)22-12-8-11-21(18-22)23-13-6-7-14-24(23)29)28(35)30-25(27(33)34)19-36-17-15-20-9-4-3-5-10-20/h3-14,18,25H,2,15-17,19H2,1H3,(H,30,35)(H,33,34)/t25-/m0/s1. The van der Waals surface area contributed by atoms with Gasteiger partial charge in [-0.3, -0.25) is 9.69 Å². The van der Waals surface area contributed by atoms with Gasteiger partial charge < -0.3 is 10.4 Å². The summed E-state index contributed by atoms with van der Waals surface area (Å²) in [5.41, 5.74) is 3.01. The first kappa shape index (κ1) is 27.3. The Hall–Kier alpha value is -3.29. The van der Waals surface area contributed by atoms with Crippen molar-refractivity contribution >= 4 is 41.3 Å². The van der Waals surface area contributed by atoms with E-state index in [-0.39, 0.29) is 12.3 Å². The molecule has 0 aliphatic rings. The molecule has 36 heavy (non-hydrogen) atoms. The maximum atomic E-state index is 13.3. The van der Waals surface area contributed by atoms with E-state index in [1.165, 1.54) is 17.3 Å². The number of carbonyl (C=O) groups excluding carboxylic acids is 2. The number of halogens is 1. The Morgan fingerprint density at radius 1 is 1.00 bits per heavy atom. The Bertz CT molecular complexity index is 1190. The molecule has 6 nitrogen and oxygen atoms in total. The summed E-state index contributed by atoms with van der Waals surface area (Å²) in [6, 6.07) is 22.3. The van der Waals surface area contributed by atoms with Crippen LogP contribution >= 0.6 is 23.4 Å². The smallest absolute Gasteiger partial charge is 0.327 e. The number of carboxylic acid groups (broad SMARTS) is 1. The fourth-order valence-corrected chi connectivity index (χ4v) is 4.88. The second-order valence-corrected chi connectivity index (χ2v) is 9.73. The second-order valence-electron chi connectivity index (χ2n) is 8.17. The van der Waals surface area contributed by atoms with Gasteiger partial charge in [-0.1, -0.05) is 79.2 Å². The normalized spacial score (nSPS) is 11.5. The van der Waals surface area contributed by atoms with Crippen LogP contribution in [0.4, 0.5) is 4.79 Å².